The second kappa shape index (κ2) is 5.78. The molecule has 0 bridgehead atoms. The van der Waals surface area contributed by atoms with Crippen molar-refractivity contribution in [1.29, 1.82) is 0 Å². The van der Waals surface area contributed by atoms with Crippen molar-refractivity contribution in [2.75, 3.05) is 5.73 Å². The first-order chi connectivity index (χ1) is 9.08. The van der Waals surface area contributed by atoms with Gasteiger partial charge in [-0.2, -0.15) is 5.10 Å². The Morgan fingerprint density at radius 2 is 1.79 bits per heavy atom. The highest BCUT2D eigenvalue weighted by Crippen LogP contribution is 2.36. The monoisotopic (exact) mass is 321 g/mol. The number of nitrogens with two attached hydrogens (primary N) is 1. The van der Waals surface area contributed by atoms with Crippen molar-refractivity contribution in [2.24, 2.45) is 7.05 Å². The summed E-state index contributed by atoms with van der Waals surface area (Å²) >= 11 is 3.46. The Hall–Kier alpha value is -1.29. The van der Waals surface area contributed by atoms with Crippen molar-refractivity contribution in [1.82, 2.24) is 9.78 Å². The molecule has 19 heavy (non-hydrogen) atoms. The lowest BCUT2D eigenvalue weighted by molar-refractivity contribution is 0.606. The van der Waals surface area contributed by atoms with Gasteiger partial charge in [0.25, 0.3) is 0 Å². The molecular formula is C15H20BrN3. The number of hydrogen-bond donors (Lipinski definition) is 1. The van der Waals surface area contributed by atoms with E-state index in [0.717, 1.165) is 40.0 Å². The van der Waals surface area contributed by atoms with Crippen LogP contribution in [0.3, 0.4) is 0 Å². The van der Waals surface area contributed by atoms with Crippen molar-refractivity contribution in [3.05, 3.63) is 34.4 Å². The summed E-state index contributed by atoms with van der Waals surface area (Å²) in [4.78, 5) is 0. The quantitative estimate of drug-likeness (QED) is 0.910. The third kappa shape index (κ3) is 2.68. The predicted molar refractivity (Wildman–Crippen MR) is 84.1 cm³/mol. The average molecular weight is 322 g/mol. The number of halogens is 1. The fraction of sp³-hybridized carbons (Fsp3) is 0.400. The molecule has 1 aromatic heterocycles. The molecule has 102 valence electrons. The summed E-state index contributed by atoms with van der Waals surface area (Å²) in [6.45, 7) is 4.40. The highest BCUT2D eigenvalue weighted by atomic mass is 79.9. The molecule has 0 atom stereocenters. The minimum Gasteiger partial charge on any atom is -0.383 e. The minimum atomic E-state index is 0.460. The van der Waals surface area contributed by atoms with E-state index in [2.05, 4.69) is 47.0 Å². The largest absolute Gasteiger partial charge is 0.383 e. The van der Waals surface area contributed by atoms with Gasteiger partial charge >= 0.3 is 0 Å². The lowest BCUT2D eigenvalue weighted by atomic mass is 9.93. The van der Waals surface area contributed by atoms with Crippen molar-refractivity contribution in [3.63, 3.8) is 0 Å². The van der Waals surface area contributed by atoms with Gasteiger partial charge in [-0.1, -0.05) is 41.9 Å². The summed E-state index contributed by atoms with van der Waals surface area (Å²) in [6, 6.07) is 8.25. The normalized spacial score (nSPS) is 11.2. The van der Waals surface area contributed by atoms with Gasteiger partial charge in [-0.25, -0.2) is 0 Å². The molecule has 1 heterocycles. The number of anilines is 1. The average Bonchev–Trinajstić information content (AvgIpc) is 2.69. The Morgan fingerprint density at radius 1 is 1.21 bits per heavy atom. The molecule has 0 radical (unpaired) electrons. The molecule has 0 spiro atoms. The van der Waals surface area contributed by atoms with Crippen LogP contribution in [0.15, 0.2) is 28.7 Å². The molecule has 0 aliphatic heterocycles. The smallest absolute Gasteiger partial charge is 0.129 e. The third-order valence-corrected chi connectivity index (χ3v) is 4.15. The number of hydrogen-bond acceptors (Lipinski definition) is 2. The molecule has 3 nitrogen and oxygen atoms in total. The Balaban J connectivity index is 2.57. The van der Waals surface area contributed by atoms with Gasteiger partial charge in [0.2, 0.25) is 0 Å². The van der Waals surface area contributed by atoms with E-state index in [1.807, 2.05) is 19.2 Å². The molecule has 1 aromatic carbocycles. The van der Waals surface area contributed by atoms with Gasteiger partial charge in [-0.15, -0.1) is 0 Å². The molecule has 0 aliphatic carbocycles. The van der Waals surface area contributed by atoms with E-state index in [4.69, 9.17) is 5.73 Å². The highest BCUT2D eigenvalue weighted by Gasteiger charge is 2.21. The van der Waals surface area contributed by atoms with Crippen LogP contribution in [0.2, 0.25) is 0 Å². The molecule has 0 unspecified atom stereocenters. The van der Waals surface area contributed by atoms with E-state index < -0.39 is 0 Å². The summed E-state index contributed by atoms with van der Waals surface area (Å²) in [5.41, 5.74) is 9.55. The number of nitrogens with zero attached hydrogens (tertiary/aromatic N) is 2. The highest BCUT2D eigenvalue weighted by molar-refractivity contribution is 9.10. The topological polar surface area (TPSA) is 43.8 Å². The summed E-state index contributed by atoms with van der Waals surface area (Å²) < 4.78 is 2.85. The van der Waals surface area contributed by atoms with Gasteiger partial charge in [0.1, 0.15) is 5.82 Å². The first kappa shape index (κ1) is 14.1. The van der Waals surface area contributed by atoms with Gasteiger partial charge in [0.05, 0.1) is 5.69 Å². The number of rotatable bonds is 4. The van der Waals surface area contributed by atoms with Crippen molar-refractivity contribution in [3.8, 4) is 11.1 Å². The van der Waals surface area contributed by atoms with Crippen LogP contribution in [0.25, 0.3) is 11.1 Å². The molecule has 2 aromatic rings. The second-order valence-corrected chi connectivity index (χ2v) is 5.71. The number of benzene rings is 1. The molecule has 0 fully saturated rings. The molecule has 0 amide bonds. The zero-order chi connectivity index (χ0) is 14.0. The van der Waals surface area contributed by atoms with Gasteiger partial charge in [-0.05, 0) is 30.5 Å². The number of aromatic nitrogens is 2. The maximum absolute atomic E-state index is 6.21. The van der Waals surface area contributed by atoms with Crippen molar-refractivity contribution < 1.29 is 0 Å². The van der Waals surface area contributed by atoms with E-state index >= 15 is 0 Å². The first-order valence-corrected chi connectivity index (χ1v) is 7.46. The summed E-state index contributed by atoms with van der Waals surface area (Å²) in [6.07, 6.45) is 2.16. The summed E-state index contributed by atoms with van der Waals surface area (Å²) in [7, 11) is 1.91. The number of nitrogen functional groups attached to an aromatic ring is 1. The summed E-state index contributed by atoms with van der Waals surface area (Å²) in [5, 5.41) is 4.63. The maximum atomic E-state index is 6.21. The maximum Gasteiger partial charge on any atom is 0.129 e. The standard InChI is InChI=1S/C15H20BrN3/c1-4-10(5-2)14-13(15(17)19(3)18-14)11-6-8-12(16)9-7-11/h6-10H,4-5,17H2,1-3H3. The number of aryl methyl sites for hydroxylation is 1. The van der Waals surface area contributed by atoms with E-state index in [0.29, 0.717) is 5.92 Å². The summed E-state index contributed by atoms with van der Waals surface area (Å²) in [5.74, 6) is 1.20. The van der Waals surface area contributed by atoms with Crippen LogP contribution < -0.4 is 5.73 Å². The zero-order valence-electron chi connectivity index (χ0n) is 11.7. The Morgan fingerprint density at radius 3 is 2.32 bits per heavy atom. The van der Waals surface area contributed by atoms with E-state index in [-0.39, 0.29) is 0 Å². The predicted octanol–water partition coefficient (Wildman–Crippen LogP) is 4.34. The van der Waals surface area contributed by atoms with Gasteiger partial charge in [0.15, 0.2) is 0 Å². The van der Waals surface area contributed by atoms with Gasteiger partial charge < -0.3 is 5.73 Å². The van der Waals surface area contributed by atoms with Crippen LogP contribution in [0.5, 0.6) is 0 Å². The van der Waals surface area contributed by atoms with Crippen molar-refractivity contribution in [2.45, 2.75) is 32.6 Å². The van der Waals surface area contributed by atoms with E-state index in [1.54, 1.807) is 4.68 Å². The minimum absolute atomic E-state index is 0.460. The molecule has 0 saturated heterocycles. The third-order valence-electron chi connectivity index (χ3n) is 3.62. The zero-order valence-corrected chi connectivity index (χ0v) is 13.2. The lowest BCUT2D eigenvalue weighted by Gasteiger charge is -2.12. The Bertz CT molecular complexity index is 554. The van der Waals surface area contributed by atoms with Crippen LogP contribution in [0.1, 0.15) is 38.3 Å². The van der Waals surface area contributed by atoms with Gasteiger partial charge in [-0.3, -0.25) is 4.68 Å². The molecular weight excluding hydrogens is 302 g/mol. The van der Waals surface area contributed by atoms with Crippen molar-refractivity contribution >= 4 is 21.7 Å². The van der Waals surface area contributed by atoms with Crippen LogP contribution in [0, 0.1) is 0 Å². The van der Waals surface area contributed by atoms with E-state index in [9.17, 15) is 0 Å². The SMILES string of the molecule is CCC(CC)c1nn(C)c(N)c1-c1ccc(Br)cc1. The fourth-order valence-corrected chi connectivity index (χ4v) is 2.70. The molecule has 0 aliphatic rings. The molecule has 2 rings (SSSR count). The fourth-order valence-electron chi connectivity index (χ4n) is 2.43. The van der Waals surface area contributed by atoms with Crippen LogP contribution in [0.4, 0.5) is 5.82 Å². The second-order valence-electron chi connectivity index (χ2n) is 4.79. The van der Waals surface area contributed by atoms with Gasteiger partial charge in [0, 0.05) is 23.0 Å². The van der Waals surface area contributed by atoms with Crippen LogP contribution >= 0.6 is 15.9 Å². The van der Waals surface area contributed by atoms with E-state index in [1.165, 1.54) is 0 Å². The Kier molecular flexibility index (Phi) is 4.30. The molecule has 0 saturated carbocycles. The van der Waals surface area contributed by atoms with Crippen LogP contribution in [-0.4, -0.2) is 9.78 Å². The first-order valence-electron chi connectivity index (χ1n) is 6.66. The molecule has 2 N–H and O–H groups in total. The van der Waals surface area contributed by atoms with Crippen LogP contribution in [-0.2, 0) is 7.05 Å². The molecule has 4 heteroatoms. The lowest BCUT2D eigenvalue weighted by Crippen LogP contribution is -1.99. The Labute approximate surface area is 122 Å².